The van der Waals surface area contributed by atoms with Crippen LogP contribution in [0.5, 0.6) is 5.75 Å². The first-order valence-corrected chi connectivity index (χ1v) is 12.0. The fourth-order valence-electron chi connectivity index (χ4n) is 4.07. The first-order valence-electron chi connectivity index (χ1n) is 10.6. The van der Waals surface area contributed by atoms with Crippen molar-refractivity contribution in [3.63, 3.8) is 0 Å². The maximum Gasteiger partial charge on any atom is 0.251 e. The van der Waals surface area contributed by atoms with Gasteiger partial charge in [0.1, 0.15) is 16.3 Å². The van der Waals surface area contributed by atoms with Crippen molar-refractivity contribution < 1.29 is 21.9 Å². The molecule has 2 aromatic heterocycles. The van der Waals surface area contributed by atoms with Crippen LogP contribution in [0, 0.1) is 5.82 Å². The van der Waals surface area contributed by atoms with Crippen molar-refractivity contribution >= 4 is 20.9 Å². The van der Waals surface area contributed by atoms with E-state index in [0.717, 1.165) is 9.36 Å². The first-order chi connectivity index (χ1) is 16.2. The molecule has 0 amide bonds. The van der Waals surface area contributed by atoms with E-state index in [0.29, 0.717) is 16.8 Å². The second-order valence-electron chi connectivity index (χ2n) is 8.35. The monoisotopic (exact) mass is 481 g/mol. The Balaban J connectivity index is 1.58. The number of benzene rings is 2. The van der Waals surface area contributed by atoms with Crippen molar-refractivity contribution in [1.29, 1.82) is 0 Å². The largest absolute Gasteiger partial charge is 0.454 e. The lowest BCUT2D eigenvalue weighted by atomic mass is 9.95. The Morgan fingerprint density at radius 2 is 1.91 bits per heavy atom. The van der Waals surface area contributed by atoms with E-state index in [2.05, 4.69) is 10.2 Å². The molecule has 1 atom stereocenters. The summed E-state index contributed by atoms with van der Waals surface area (Å²) >= 11 is 0. The lowest BCUT2D eigenvalue weighted by Crippen LogP contribution is -2.42. The number of ether oxygens (including phenoxy) is 1. The zero-order valence-electron chi connectivity index (χ0n) is 18.4. The van der Waals surface area contributed by atoms with E-state index in [9.17, 15) is 12.8 Å². The van der Waals surface area contributed by atoms with Gasteiger partial charge in [-0.3, -0.25) is 5.10 Å². The number of H-pyrrole nitrogens is 1. The van der Waals surface area contributed by atoms with Crippen molar-refractivity contribution in [2.45, 2.75) is 25.0 Å². The average molecular weight is 482 g/mol. The van der Waals surface area contributed by atoms with Crippen molar-refractivity contribution in [3.05, 3.63) is 96.0 Å². The molecule has 1 aliphatic carbocycles. The highest BCUT2D eigenvalue weighted by Crippen LogP contribution is 2.42. The van der Waals surface area contributed by atoms with Gasteiger partial charge in [-0.25, -0.2) is 21.2 Å². The molecule has 34 heavy (non-hydrogen) atoms. The zero-order chi connectivity index (χ0) is 24.1. The number of aromatic nitrogens is 3. The molecule has 0 saturated carbocycles. The van der Waals surface area contributed by atoms with Gasteiger partial charge in [0.05, 0.1) is 11.2 Å². The Bertz CT molecular complexity index is 1570. The summed E-state index contributed by atoms with van der Waals surface area (Å²) in [5, 5.41) is 7.23. The van der Waals surface area contributed by atoms with E-state index in [1.165, 1.54) is 37.5 Å². The van der Waals surface area contributed by atoms with Crippen LogP contribution in [-0.2, 0) is 10.0 Å². The molecule has 1 unspecified atom stereocenters. The van der Waals surface area contributed by atoms with Gasteiger partial charge in [-0.2, -0.15) is 5.10 Å². The summed E-state index contributed by atoms with van der Waals surface area (Å²) in [7, 11) is -4.21. The van der Waals surface area contributed by atoms with Gasteiger partial charge >= 0.3 is 0 Å². The Morgan fingerprint density at radius 1 is 1.12 bits per heavy atom. The molecule has 0 spiro atoms. The van der Waals surface area contributed by atoms with Crippen LogP contribution in [-0.4, -0.2) is 27.3 Å². The number of allylic oxidation sites excluding steroid dienone is 2. The molecule has 9 heteroatoms. The summed E-state index contributed by atoms with van der Waals surface area (Å²) in [4.78, 5) is 0. The first kappa shape index (κ1) is 22.1. The van der Waals surface area contributed by atoms with Gasteiger partial charge in [-0.05, 0) is 62.2 Å². The van der Waals surface area contributed by atoms with E-state index < -0.39 is 26.4 Å². The van der Waals surface area contributed by atoms with Gasteiger partial charge in [0.25, 0.3) is 10.0 Å². The zero-order valence-corrected chi connectivity index (χ0v) is 19.2. The maximum atomic E-state index is 16.0. The smallest absolute Gasteiger partial charge is 0.251 e. The van der Waals surface area contributed by atoms with Crippen molar-refractivity contribution in [2.75, 3.05) is 0 Å². The molecule has 2 aromatic carbocycles. The maximum absolute atomic E-state index is 16.0. The number of aromatic amines is 1. The minimum Gasteiger partial charge on any atom is -0.454 e. The molecule has 5 rings (SSSR count). The number of fused-ring (bicyclic) bond motifs is 1. The van der Waals surface area contributed by atoms with Crippen LogP contribution in [0.2, 0.25) is 0 Å². The van der Waals surface area contributed by atoms with Gasteiger partial charge in [-0.1, -0.05) is 24.3 Å². The highest BCUT2D eigenvalue weighted by Gasteiger charge is 2.48. The molecule has 0 saturated heterocycles. The summed E-state index contributed by atoms with van der Waals surface area (Å²) < 4.78 is 62.8. The molecule has 1 aliphatic rings. The fourth-order valence-corrected chi connectivity index (χ4v) is 5.76. The van der Waals surface area contributed by atoms with Crippen molar-refractivity contribution in [2.24, 2.45) is 0 Å². The second kappa shape index (κ2) is 7.95. The van der Waals surface area contributed by atoms with Crippen LogP contribution < -0.4 is 4.74 Å². The highest BCUT2D eigenvalue weighted by atomic mass is 32.2. The summed E-state index contributed by atoms with van der Waals surface area (Å²) in [5.41, 5.74) is 1.55. The molecule has 0 radical (unpaired) electrons. The van der Waals surface area contributed by atoms with E-state index in [4.69, 9.17) is 4.74 Å². The van der Waals surface area contributed by atoms with Gasteiger partial charge in [-0.15, -0.1) is 0 Å². The SMILES string of the molecule is CC1=CCC(C)(S(=O)(=O)n2ccc3ccccc32)C(F)=C1Oc1ccc(F)c(-c2ccn[nH]2)c1. The Morgan fingerprint density at radius 3 is 2.68 bits per heavy atom. The third-order valence-electron chi connectivity index (χ3n) is 6.16. The third kappa shape index (κ3) is 3.35. The van der Waals surface area contributed by atoms with Crippen LogP contribution in [0.1, 0.15) is 20.3 Å². The molecule has 0 fully saturated rings. The van der Waals surface area contributed by atoms with Crippen molar-refractivity contribution in [1.82, 2.24) is 14.2 Å². The predicted molar refractivity (Wildman–Crippen MR) is 126 cm³/mol. The number of nitrogens with zero attached hydrogens (tertiary/aromatic N) is 2. The number of halogens is 2. The normalized spacial score (nSPS) is 18.9. The van der Waals surface area contributed by atoms with Crippen molar-refractivity contribution in [3.8, 4) is 17.0 Å². The van der Waals surface area contributed by atoms with E-state index >= 15 is 4.39 Å². The quantitative estimate of drug-likeness (QED) is 0.396. The van der Waals surface area contributed by atoms with Crippen LogP contribution in [0.3, 0.4) is 0 Å². The summed E-state index contributed by atoms with van der Waals surface area (Å²) in [6.07, 6.45) is 4.50. The van der Waals surface area contributed by atoms with Crippen LogP contribution in [0.15, 0.2) is 90.2 Å². The molecule has 1 N–H and O–H groups in total. The standard InChI is InChI=1S/C25H21F2N3O3S/c1-16-9-12-25(2,34(31,32)30-14-11-17-5-3-4-6-22(17)30)24(27)23(16)33-18-7-8-20(26)19(15-18)21-10-13-28-29-21/h3-11,13-15H,12H2,1-2H3,(H,28,29). The lowest BCUT2D eigenvalue weighted by Gasteiger charge is -2.32. The van der Waals surface area contributed by atoms with Crippen LogP contribution in [0.25, 0.3) is 22.2 Å². The number of hydrogen-bond acceptors (Lipinski definition) is 4. The predicted octanol–water partition coefficient (Wildman–Crippen LogP) is 5.72. The second-order valence-corrected chi connectivity index (χ2v) is 10.6. The lowest BCUT2D eigenvalue weighted by molar-refractivity contribution is 0.369. The van der Waals surface area contributed by atoms with Gasteiger partial charge < -0.3 is 4.74 Å². The highest BCUT2D eigenvalue weighted by molar-refractivity contribution is 7.91. The van der Waals surface area contributed by atoms with E-state index in [1.807, 2.05) is 0 Å². The summed E-state index contributed by atoms with van der Waals surface area (Å²) in [6, 6.07) is 14.3. The molecule has 4 aromatic rings. The minimum absolute atomic E-state index is 0.0603. The van der Waals surface area contributed by atoms with Gasteiger partial charge in [0.2, 0.25) is 0 Å². The molecule has 0 bridgehead atoms. The van der Waals surface area contributed by atoms with Crippen LogP contribution in [0.4, 0.5) is 8.78 Å². The number of para-hydroxylation sites is 1. The average Bonchev–Trinajstić information content (AvgIpc) is 3.51. The molecule has 0 aliphatic heterocycles. The molecular formula is C25H21F2N3O3S. The molecule has 2 heterocycles. The van der Waals surface area contributed by atoms with E-state index in [-0.39, 0.29) is 23.5 Å². The third-order valence-corrected chi connectivity index (χ3v) is 8.48. The molecule has 174 valence electrons. The fraction of sp³-hybridized carbons (Fsp3) is 0.160. The van der Waals surface area contributed by atoms with Gasteiger partial charge in [0.15, 0.2) is 11.6 Å². The topological polar surface area (TPSA) is 77.0 Å². The van der Waals surface area contributed by atoms with Gasteiger partial charge in [0, 0.05) is 23.3 Å². The Hall–Kier alpha value is -3.72. The van der Waals surface area contributed by atoms with E-state index in [1.54, 1.807) is 49.4 Å². The minimum atomic E-state index is -4.21. The summed E-state index contributed by atoms with van der Waals surface area (Å²) in [5.74, 6) is -1.44. The number of hydrogen-bond donors (Lipinski definition) is 1. The molecule has 6 nitrogen and oxygen atoms in total. The Labute approximate surface area is 195 Å². The van der Waals surface area contributed by atoms with Crippen LogP contribution >= 0.6 is 0 Å². The number of nitrogens with one attached hydrogen (secondary N) is 1. The summed E-state index contributed by atoms with van der Waals surface area (Å²) in [6.45, 7) is 2.99. The molecular weight excluding hydrogens is 460 g/mol. The number of rotatable bonds is 5. The Kier molecular flexibility index (Phi) is 5.16.